The van der Waals surface area contributed by atoms with E-state index in [-0.39, 0.29) is 11.4 Å². The van der Waals surface area contributed by atoms with Gasteiger partial charge < -0.3 is 5.73 Å². The van der Waals surface area contributed by atoms with Crippen LogP contribution in [0.3, 0.4) is 0 Å². The number of nitrogens with zero attached hydrogens (tertiary/aromatic N) is 4. The van der Waals surface area contributed by atoms with Crippen LogP contribution in [0.15, 0.2) is 71.6 Å². The number of halogens is 1. The number of amides is 1. The summed E-state index contributed by atoms with van der Waals surface area (Å²) in [5, 5.41) is 14.4. The molecule has 0 bridgehead atoms. The molecule has 1 aromatic heterocycles. The number of H-pyrrole nitrogens is 1. The van der Waals surface area contributed by atoms with E-state index in [9.17, 15) is 13.2 Å². The van der Waals surface area contributed by atoms with Crippen molar-refractivity contribution in [3.63, 3.8) is 0 Å². The SMILES string of the molecule is Cc1ccc(S(=O)(=O)[N+](CC(N)=O)(Cc2cccc(-c3nn[nH]n3)c2)c2cccc(Cl)c2C)cc1. The molecule has 1 atom stereocenters. The average molecular weight is 512 g/mol. The number of nitrogens with one attached hydrogen (secondary N) is 1. The summed E-state index contributed by atoms with van der Waals surface area (Å²) in [6.07, 6.45) is 0. The van der Waals surface area contributed by atoms with Crippen molar-refractivity contribution in [2.45, 2.75) is 25.3 Å². The molecule has 0 aliphatic rings. The zero-order valence-corrected chi connectivity index (χ0v) is 20.7. The fraction of sp³-hybridized carbons (Fsp3) is 0.167. The second-order valence-corrected chi connectivity index (χ2v) is 10.8. The number of aromatic amines is 1. The van der Waals surface area contributed by atoms with Crippen LogP contribution in [0.1, 0.15) is 16.7 Å². The van der Waals surface area contributed by atoms with E-state index in [4.69, 9.17) is 17.3 Å². The Morgan fingerprint density at radius 3 is 2.43 bits per heavy atom. The Bertz CT molecular complexity index is 1470. The number of sulfonamides is 1. The van der Waals surface area contributed by atoms with E-state index in [1.807, 2.05) is 6.92 Å². The van der Waals surface area contributed by atoms with Crippen molar-refractivity contribution >= 4 is 33.2 Å². The Morgan fingerprint density at radius 2 is 1.77 bits per heavy atom. The van der Waals surface area contributed by atoms with E-state index in [1.54, 1.807) is 61.5 Å². The first-order chi connectivity index (χ1) is 16.6. The molecule has 11 heteroatoms. The van der Waals surface area contributed by atoms with Crippen LogP contribution in [0.5, 0.6) is 0 Å². The summed E-state index contributed by atoms with van der Waals surface area (Å²) >= 11 is 6.42. The van der Waals surface area contributed by atoms with Gasteiger partial charge in [-0.15, -0.1) is 10.2 Å². The molecule has 35 heavy (non-hydrogen) atoms. The topological polar surface area (TPSA) is 132 Å². The summed E-state index contributed by atoms with van der Waals surface area (Å²) in [5.74, 6) is -0.408. The molecule has 0 spiro atoms. The predicted molar refractivity (Wildman–Crippen MR) is 134 cm³/mol. The second kappa shape index (κ2) is 9.57. The van der Waals surface area contributed by atoms with Crippen molar-refractivity contribution in [3.05, 3.63) is 88.4 Å². The number of carbonyl (C=O) groups excluding carboxylic acids is 1. The molecule has 0 saturated heterocycles. The van der Waals surface area contributed by atoms with Crippen LogP contribution >= 0.6 is 11.6 Å². The Kier molecular flexibility index (Phi) is 6.70. The highest BCUT2D eigenvalue weighted by atomic mass is 35.5. The van der Waals surface area contributed by atoms with Gasteiger partial charge in [-0.3, -0.25) is 4.79 Å². The Morgan fingerprint density at radius 1 is 1.06 bits per heavy atom. The minimum Gasteiger partial charge on any atom is -0.365 e. The zero-order valence-electron chi connectivity index (χ0n) is 19.1. The maximum atomic E-state index is 14.4. The van der Waals surface area contributed by atoms with Crippen molar-refractivity contribution in [2.24, 2.45) is 5.73 Å². The summed E-state index contributed by atoms with van der Waals surface area (Å²) in [4.78, 5) is 12.5. The third kappa shape index (κ3) is 4.68. The highest BCUT2D eigenvalue weighted by Crippen LogP contribution is 2.39. The van der Waals surface area contributed by atoms with Crippen LogP contribution in [-0.4, -0.2) is 41.5 Å². The summed E-state index contributed by atoms with van der Waals surface area (Å²) < 4.78 is 28.0. The van der Waals surface area contributed by atoms with E-state index >= 15 is 0 Å². The number of rotatable bonds is 8. The average Bonchev–Trinajstić information content (AvgIpc) is 3.36. The van der Waals surface area contributed by atoms with Crippen LogP contribution in [-0.2, 0) is 21.4 Å². The Balaban J connectivity index is 1.98. The molecule has 1 unspecified atom stereocenters. The number of hydrogen-bond donors (Lipinski definition) is 2. The molecule has 9 nitrogen and oxygen atoms in total. The van der Waals surface area contributed by atoms with E-state index in [0.29, 0.717) is 33.2 Å². The lowest BCUT2D eigenvalue weighted by Gasteiger charge is -2.36. The highest BCUT2D eigenvalue weighted by Gasteiger charge is 2.48. The number of quaternary nitrogens is 1. The highest BCUT2D eigenvalue weighted by molar-refractivity contribution is 7.91. The van der Waals surface area contributed by atoms with Gasteiger partial charge in [0.1, 0.15) is 11.4 Å². The number of aryl methyl sites for hydroxylation is 1. The maximum Gasteiger partial charge on any atom is 0.332 e. The fourth-order valence-corrected chi connectivity index (χ4v) is 6.24. The Labute approximate surface area is 208 Å². The molecule has 0 aliphatic heterocycles. The van der Waals surface area contributed by atoms with Gasteiger partial charge in [-0.25, -0.2) is 0 Å². The van der Waals surface area contributed by atoms with Crippen LogP contribution in [0.4, 0.5) is 5.69 Å². The van der Waals surface area contributed by atoms with E-state index in [2.05, 4.69) is 20.6 Å². The molecule has 0 aliphatic carbocycles. The first kappa shape index (κ1) is 24.5. The van der Waals surface area contributed by atoms with Crippen molar-refractivity contribution < 1.29 is 13.2 Å². The monoisotopic (exact) mass is 511 g/mol. The van der Waals surface area contributed by atoms with Crippen LogP contribution in [0, 0.1) is 13.8 Å². The third-order valence-electron chi connectivity index (χ3n) is 5.84. The summed E-state index contributed by atoms with van der Waals surface area (Å²) in [5.41, 5.74) is 8.76. The first-order valence-electron chi connectivity index (χ1n) is 10.7. The number of nitrogens with two attached hydrogens (primary N) is 1. The summed E-state index contributed by atoms with van der Waals surface area (Å²) in [6.45, 7) is 3.01. The molecule has 4 aromatic rings. The van der Waals surface area contributed by atoms with Crippen LogP contribution in [0.25, 0.3) is 11.4 Å². The number of primary amides is 1. The van der Waals surface area contributed by atoms with Gasteiger partial charge in [0.25, 0.3) is 5.91 Å². The van der Waals surface area contributed by atoms with Crippen molar-refractivity contribution in [1.82, 2.24) is 24.5 Å². The minimum absolute atomic E-state index is 0.0676. The van der Waals surface area contributed by atoms with Gasteiger partial charge in [0, 0.05) is 27.8 Å². The fourth-order valence-electron chi connectivity index (χ4n) is 4.11. The first-order valence-corrected chi connectivity index (χ1v) is 12.5. The van der Waals surface area contributed by atoms with Gasteiger partial charge in [0.2, 0.25) is 5.82 Å². The largest absolute Gasteiger partial charge is 0.365 e. The Hall–Kier alpha value is -3.60. The molecule has 3 aromatic carbocycles. The molecule has 3 N–H and O–H groups in total. The van der Waals surface area contributed by atoms with Crippen molar-refractivity contribution in [1.29, 1.82) is 0 Å². The minimum atomic E-state index is -4.20. The molecule has 180 valence electrons. The quantitative estimate of drug-likeness (QED) is 0.348. The number of aromatic nitrogens is 4. The van der Waals surface area contributed by atoms with Gasteiger partial charge in [-0.2, -0.15) is 17.5 Å². The zero-order chi connectivity index (χ0) is 25.2. The summed E-state index contributed by atoms with van der Waals surface area (Å²) in [7, 11) is -4.20. The smallest absolute Gasteiger partial charge is 0.332 e. The molecule has 0 fully saturated rings. The number of hydrogen-bond acceptors (Lipinski definition) is 6. The van der Waals surface area contributed by atoms with E-state index < -0.39 is 26.4 Å². The van der Waals surface area contributed by atoms with Crippen molar-refractivity contribution in [3.8, 4) is 11.4 Å². The number of benzene rings is 3. The number of tetrazole rings is 1. The lowest BCUT2D eigenvalue weighted by atomic mass is 10.1. The molecule has 1 amide bonds. The predicted octanol–water partition coefficient (Wildman–Crippen LogP) is 3.52. The molecule has 0 saturated carbocycles. The standard InChI is InChI=1S/C24H23ClN6O3S/c1-16-9-11-20(12-10-16)35(33,34)31(15-23(26)32,22-8-4-7-21(25)17(22)2)14-18-5-3-6-19(13-18)24-27-29-30-28-24/h3-13H,14-15H2,1-2H3,(H2-,26,27,28,29,30,32)/p+1. The maximum absolute atomic E-state index is 14.4. The van der Waals surface area contributed by atoms with Gasteiger partial charge in [-0.05, 0) is 43.3 Å². The lowest BCUT2D eigenvalue weighted by molar-refractivity contribution is -0.118. The van der Waals surface area contributed by atoms with Gasteiger partial charge in [0.15, 0.2) is 12.2 Å². The third-order valence-corrected chi connectivity index (χ3v) is 8.49. The number of carbonyl (C=O) groups is 1. The van der Waals surface area contributed by atoms with E-state index in [1.165, 1.54) is 12.1 Å². The molecule has 1 heterocycles. The van der Waals surface area contributed by atoms with Crippen LogP contribution < -0.4 is 9.62 Å². The van der Waals surface area contributed by atoms with E-state index in [0.717, 1.165) is 5.56 Å². The van der Waals surface area contributed by atoms with Gasteiger partial charge in [-0.1, -0.05) is 53.6 Å². The molecule has 0 radical (unpaired) electrons. The molecule has 4 rings (SSSR count). The van der Waals surface area contributed by atoms with Crippen LogP contribution in [0.2, 0.25) is 5.02 Å². The van der Waals surface area contributed by atoms with Crippen molar-refractivity contribution in [2.75, 3.05) is 6.54 Å². The summed E-state index contributed by atoms with van der Waals surface area (Å²) in [6, 6.07) is 18.6. The normalized spacial score (nSPS) is 13.3. The second-order valence-electron chi connectivity index (χ2n) is 8.28. The van der Waals surface area contributed by atoms with Gasteiger partial charge in [0.05, 0.1) is 0 Å². The molecular formula is C24H24ClN6O3S+. The van der Waals surface area contributed by atoms with Gasteiger partial charge >= 0.3 is 10.0 Å². The molecular weight excluding hydrogens is 488 g/mol. The lowest BCUT2D eigenvalue weighted by Crippen LogP contribution is -2.57.